The van der Waals surface area contributed by atoms with Crippen molar-refractivity contribution in [2.75, 3.05) is 6.54 Å². The minimum absolute atomic E-state index is 0.262. The number of likely N-dealkylation sites (N-methyl/N-ethyl adjacent to an activating group) is 1. The van der Waals surface area contributed by atoms with Gasteiger partial charge in [0.1, 0.15) is 5.76 Å². The van der Waals surface area contributed by atoms with Crippen LogP contribution in [0.3, 0.4) is 0 Å². The van der Waals surface area contributed by atoms with Gasteiger partial charge < -0.3 is 9.73 Å². The summed E-state index contributed by atoms with van der Waals surface area (Å²) in [6, 6.07) is 4.93. The van der Waals surface area contributed by atoms with Crippen LogP contribution in [0, 0.1) is 6.92 Å². The standard InChI is InChI=1S/C16H25N3O/c1-5-12(3)19-8-7-15(18-19)10-16(17-6-2)14-9-13(4)20-11-14/h7-9,11-12,16-17H,5-6,10H2,1-4H3. The molecule has 20 heavy (non-hydrogen) atoms. The van der Waals surface area contributed by atoms with E-state index in [4.69, 9.17) is 4.42 Å². The Kier molecular flexibility index (Phi) is 5.01. The van der Waals surface area contributed by atoms with Gasteiger partial charge in [0, 0.05) is 30.3 Å². The van der Waals surface area contributed by atoms with Gasteiger partial charge in [0.05, 0.1) is 12.0 Å². The number of nitrogens with one attached hydrogen (secondary N) is 1. The van der Waals surface area contributed by atoms with Gasteiger partial charge >= 0.3 is 0 Å². The van der Waals surface area contributed by atoms with Gasteiger partial charge in [-0.2, -0.15) is 5.10 Å². The first kappa shape index (κ1) is 14.9. The molecule has 110 valence electrons. The molecule has 2 aromatic heterocycles. The fraction of sp³-hybridized carbons (Fsp3) is 0.562. The van der Waals surface area contributed by atoms with Gasteiger partial charge in [0.25, 0.3) is 0 Å². The number of aryl methyl sites for hydroxylation is 1. The highest BCUT2D eigenvalue weighted by molar-refractivity contribution is 5.19. The van der Waals surface area contributed by atoms with Crippen molar-refractivity contribution in [2.24, 2.45) is 0 Å². The molecule has 4 heteroatoms. The predicted octanol–water partition coefficient (Wildman–Crippen LogP) is 3.65. The lowest BCUT2D eigenvalue weighted by Gasteiger charge is -2.15. The van der Waals surface area contributed by atoms with E-state index in [9.17, 15) is 0 Å². The van der Waals surface area contributed by atoms with Crippen LogP contribution in [-0.2, 0) is 6.42 Å². The fourth-order valence-corrected chi connectivity index (χ4v) is 2.33. The minimum atomic E-state index is 0.262. The van der Waals surface area contributed by atoms with E-state index in [1.807, 2.05) is 13.2 Å². The van der Waals surface area contributed by atoms with Crippen molar-refractivity contribution in [3.05, 3.63) is 41.6 Å². The van der Waals surface area contributed by atoms with Crippen molar-refractivity contribution in [3.63, 3.8) is 0 Å². The Hall–Kier alpha value is -1.55. The van der Waals surface area contributed by atoms with Crippen LogP contribution >= 0.6 is 0 Å². The van der Waals surface area contributed by atoms with Gasteiger partial charge in [-0.15, -0.1) is 0 Å². The fourth-order valence-electron chi connectivity index (χ4n) is 2.33. The molecule has 0 spiro atoms. The Morgan fingerprint density at radius 3 is 2.80 bits per heavy atom. The number of aromatic nitrogens is 2. The van der Waals surface area contributed by atoms with Gasteiger partial charge in [0.2, 0.25) is 0 Å². The first-order chi connectivity index (χ1) is 9.63. The average Bonchev–Trinajstić information content (AvgIpc) is 3.06. The van der Waals surface area contributed by atoms with Crippen LogP contribution in [0.5, 0.6) is 0 Å². The van der Waals surface area contributed by atoms with Gasteiger partial charge in [-0.25, -0.2) is 0 Å². The minimum Gasteiger partial charge on any atom is -0.469 e. The number of nitrogens with zero attached hydrogens (tertiary/aromatic N) is 2. The molecule has 0 radical (unpaired) electrons. The third-order valence-corrected chi connectivity index (χ3v) is 3.72. The summed E-state index contributed by atoms with van der Waals surface area (Å²) in [6.45, 7) is 9.41. The molecule has 0 amide bonds. The second-order valence-electron chi connectivity index (χ2n) is 5.35. The SMILES string of the molecule is CCNC(Cc1ccn(C(C)CC)n1)c1coc(C)c1. The van der Waals surface area contributed by atoms with Crippen LogP contribution in [0.4, 0.5) is 0 Å². The molecule has 0 aromatic carbocycles. The Morgan fingerprint density at radius 2 is 2.20 bits per heavy atom. The molecule has 0 bridgehead atoms. The average molecular weight is 275 g/mol. The zero-order chi connectivity index (χ0) is 14.5. The van der Waals surface area contributed by atoms with E-state index in [0.717, 1.165) is 30.8 Å². The van der Waals surface area contributed by atoms with E-state index in [1.165, 1.54) is 5.56 Å². The highest BCUT2D eigenvalue weighted by Gasteiger charge is 2.15. The van der Waals surface area contributed by atoms with Crippen LogP contribution in [0.25, 0.3) is 0 Å². The summed E-state index contributed by atoms with van der Waals surface area (Å²) >= 11 is 0. The maximum atomic E-state index is 5.42. The molecule has 1 N–H and O–H groups in total. The number of hydrogen-bond donors (Lipinski definition) is 1. The van der Waals surface area contributed by atoms with E-state index in [0.29, 0.717) is 6.04 Å². The molecule has 2 unspecified atom stereocenters. The van der Waals surface area contributed by atoms with Crippen LogP contribution in [0.15, 0.2) is 29.0 Å². The highest BCUT2D eigenvalue weighted by Crippen LogP contribution is 2.20. The third-order valence-electron chi connectivity index (χ3n) is 3.72. The molecule has 0 aliphatic carbocycles. The second-order valence-corrected chi connectivity index (χ2v) is 5.35. The van der Waals surface area contributed by atoms with Crippen LogP contribution in [0.2, 0.25) is 0 Å². The summed E-state index contributed by atoms with van der Waals surface area (Å²) in [7, 11) is 0. The van der Waals surface area contributed by atoms with E-state index in [1.54, 1.807) is 0 Å². The molecule has 2 aromatic rings. The van der Waals surface area contributed by atoms with Gasteiger partial charge in [-0.3, -0.25) is 4.68 Å². The summed E-state index contributed by atoms with van der Waals surface area (Å²) in [5.74, 6) is 0.952. The summed E-state index contributed by atoms with van der Waals surface area (Å²) in [5.41, 5.74) is 2.32. The molecule has 0 saturated heterocycles. The Balaban J connectivity index is 2.10. The molecule has 2 heterocycles. The predicted molar refractivity (Wildman–Crippen MR) is 80.8 cm³/mol. The lowest BCUT2D eigenvalue weighted by Crippen LogP contribution is -2.22. The zero-order valence-electron chi connectivity index (χ0n) is 12.9. The Labute approximate surface area is 121 Å². The van der Waals surface area contributed by atoms with Crippen LogP contribution in [-0.4, -0.2) is 16.3 Å². The Bertz CT molecular complexity index is 529. The van der Waals surface area contributed by atoms with E-state index >= 15 is 0 Å². The summed E-state index contributed by atoms with van der Waals surface area (Å²) in [5, 5.41) is 8.19. The summed E-state index contributed by atoms with van der Waals surface area (Å²) < 4.78 is 7.48. The third kappa shape index (κ3) is 3.51. The zero-order valence-corrected chi connectivity index (χ0v) is 12.9. The lowest BCUT2D eigenvalue weighted by atomic mass is 10.0. The molecule has 0 saturated carbocycles. The second kappa shape index (κ2) is 6.75. The topological polar surface area (TPSA) is 43.0 Å². The van der Waals surface area contributed by atoms with Crippen molar-refractivity contribution < 1.29 is 4.42 Å². The van der Waals surface area contributed by atoms with Gasteiger partial charge in [-0.1, -0.05) is 13.8 Å². The smallest absolute Gasteiger partial charge is 0.101 e. The monoisotopic (exact) mass is 275 g/mol. The molecular formula is C16H25N3O. The van der Waals surface area contributed by atoms with Crippen molar-refractivity contribution in [2.45, 2.75) is 52.6 Å². The maximum absolute atomic E-state index is 5.42. The molecular weight excluding hydrogens is 250 g/mol. The van der Waals surface area contributed by atoms with Crippen molar-refractivity contribution in [3.8, 4) is 0 Å². The van der Waals surface area contributed by atoms with E-state index in [2.05, 4.69) is 54.2 Å². The molecule has 0 aliphatic rings. The van der Waals surface area contributed by atoms with Gasteiger partial charge in [-0.05, 0) is 38.9 Å². The number of hydrogen-bond acceptors (Lipinski definition) is 3. The Morgan fingerprint density at radius 1 is 1.40 bits per heavy atom. The quantitative estimate of drug-likeness (QED) is 0.838. The normalized spacial score (nSPS) is 14.4. The summed E-state index contributed by atoms with van der Waals surface area (Å²) in [6.07, 6.45) is 5.90. The number of rotatable bonds is 7. The molecule has 2 rings (SSSR count). The largest absolute Gasteiger partial charge is 0.469 e. The van der Waals surface area contributed by atoms with E-state index < -0.39 is 0 Å². The molecule has 4 nitrogen and oxygen atoms in total. The molecule has 2 atom stereocenters. The van der Waals surface area contributed by atoms with Crippen molar-refractivity contribution >= 4 is 0 Å². The first-order valence-corrected chi connectivity index (χ1v) is 7.46. The van der Waals surface area contributed by atoms with Crippen LogP contribution < -0.4 is 5.32 Å². The number of furan rings is 1. The van der Waals surface area contributed by atoms with Gasteiger partial charge in [0.15, 0.2) is 0 Å². The highest BCUT2D eigenvalue weighted by atomic mass is 16.3. The van der Waals surface area contributed by atoms with Crippen molar-refractivity contribution in [1.29, 1.82) is 0 Å². The van der Waals surface area contributed by atoms with Crippen LogP contribution in [0.1, 0.15) is 56.3 Å². The van der Waals surface area contributed by atoms with E-state index in [-0.39, 0.29) is 6.04 Å². The molecule has 0 fully saturated rings. The summed E-state index contributed by atoms with van der Waals surface area (Å²) in [4.78, 5) is 0. The molecule has 0 aliphatic heterocycles. The maximum Gasteiger partial charge on any atom is 0.101 e. The van der Waals surface area contributed by atoms with Crippen molar-refractivity contribution in [1.82, 2.24) is 15.1 Å². The lowest BCUT2D eigenvalue weighted by molar-refractivity contribution is 0.465. The first-order valence-electron chi connectivity index (χ1n) is 7.46.